The molecule has 1 atom stereocenters. The molecule has 6 nitrogen and oxygen atoms in total. The predicted octanol–water partition coefficient (Wildman–Crippen LogP) is 2.42. The molecule has 0 fully saturated rings. The highest BCUT2D eigenvalue weighted by molar-refractivity contribution is 5.53. The molecule has 0 aliphatic heterocycles. The van der Waals surface area contributed by atoms with E-state index in [0.29, 0.717) is 0 Å². The zero-order valence-corrected chi connectivity index (χ0v) is 11.9. The average Bonchev–Trinajstić information content (AvgIpc) is 3.10. The smallest absolute Gasteiger partial charge is 0.160 e. The molecule has 0 saturated heterocycles. The van der Waals surface area contributed by atoms with E-state index >= 15 is 0 Å². The molecule has 0 amide bonds. The molecule has 3 heterocycles. The zero-order chi connectivity index (χ0) is 14.1. The van der Waals surface area contributed by atoms with Gasteiger partial charge in [0, 0.05) is 36.2 Å². The van der Waals surface area contributed by atoms with Gasteiger partial charge in [0.05, 0.1) is 12.0 Å². The van der Waals surface area contributed by atoms with Crippen molar-refractivity contribution in [3.63, 3.8) is 0 Å². The molecule has 0 bridgehead atoms. The van der Waals surface area contributed by atoms with Crippen LogP contribution in [0.4, 0.5) is 0 Å². The zero-order valence-electron chi connectivity index (χ0n) is 11.9. The first kappa shape index (κ1) is 12.7. The van der Waals surface area contributed by atoms with Crippen molar-refractivity contribution < 1.29 is 0 Å². The lowest BCUT2D eigenvalue weighted by atomic mass is 10.1. The Hall–Kier alpha value is -2.37. The van der Waals surface area contributed by atoms with Crippen LogP contribution in [-0.2, 0) is 6.42 Å². The number of nitrogens with zero attached hydrogens (tertiary/aromatic N) is 4. The van der Waals surface area contributed by atoms with Crippen molar-refractivity contribution in [2.45, 2.75) is 33.2 Å². The maximum atomic E-state index is 4.44. The number of hydrogen-bond donors (Lipinski definition) is 2. The monoisotopic (exact) mass is 270 g/mol. The summed E-state index contributed by atoms with van der Waals surface area (Å²) in [5, 5.41) is 7.27. The molecule has 0 aliphatic rings. The van der Waals surface area contributed by atoms with Crippen LogP contribution < -0.4 is 0 Å². The Kier molecular flexibility index (Phi) is 3.14. The number of H-pyrrole nitrogens is 2. The fourth-order valence-corrected chi connectivity index (χ4v) is 2.42. The van der Waals surface area contributed by atoms with Crippen molar-refractivity contribution in [3.8, 4) is 11.5 Å². The van der Waals surface area contributed by atoms with Gasteiger partial charge in [-0.1, -0.05) is 0 Å². The van der Waals surface area contributed by atoms with E-state index in [1.165, 1.54) is 0 Å². The molecule has 0 unspecified atom stereocenters. The molecule has 3 rings (SSSR count). The first-order valence-electron chi connectivity index (χ1n) is 6.69. The maximum Gasteiger partial charge on any atom is 0.160 e. The minimum absolute atomic E-state index is 0.270. The number of rotatable bonds is 4. The summed E-state index contributed by atoms with van der Waals surface area (Å²) in [5.74, 6) is 0.892. The van der Waals surface area contributed by atoms with Crippen LogP contribution in [0.15, 0.2) is 24.8 Å². The van der Waals surface area contributed by atoms with Gasteiger partial charge in [-0.15, -0.1) is 0 Å². The van der Waals surface area contributed by atoms with Gasteiger partial charge in [-0.25, -0.2) is 9.97 Å². The normalized spacial score (nSPS) is 12.8. The molecule has 3 aromatic rings. The molecule has 0 spiro atoms. The Bertz CT molecular complexity index is 705. The van der Waals surface area contributed by atoms with E-state index in [4.69, 9.17) is 0 Å². The van der Waals surface area contributed by atoms with Crippen molar-refractivity contribution >= 4 is 0 Å². The summed E-state index contributed by atoms with van der Waals surface area (Å²) in [6.07, 6.45) is 6.37. The molecule has 0 radical (unpaired) electrons. The molecule has 0 aromatic carbocycles. The molecule has 3 aromatic heterocycles. The molecular formula is C14H18N6. The lowest BCUT2D eigenvalue weighted by molar-refractivity contribution is 0.542. The fourth-order valence-electron chi connectivity index (χ4n) is 2.42. The maximum absolute atomic E-state index is 4.44. The summed E-state index contributed by atoms with van der Waals surface area (Å²) in [6.45, 7) is 6.18. The Balaban J connectivity index is 1.88. The van der Waals surface area contributed by atoms with E-state index in [1.54, 1.807) is 6.33 Å². The second-order valence-electron chi connectivity index (χ2n) is 5.13. The van der Waals surface area contributed by atoms with Gasteiger partial charge < -0.3 is 9.55 Å². The minimum atomic E-state index is 0.270. The van der Waals surface area contributed by atoms with Gasteiger partial charge in [0.2, 0.25) is 0 Å². The van der Waals surface area contributed by atoms with Crippen molar-refractivity contribution in [3.05, 3.63) is 41.9 Å². The Morgan fingerprint density at radius 2 is 2.15 bits per heavy atom. The number of aromatic amines is 2. The van der Waals surface area contributed by atoms with E-state index in [-0.39, 0.29) is 6.04 Å². The summed E-state index contributed by atoms with van der Waals surface area (Å²) < 4.78 is 2.15. The third kappa shape index (κ3) is 2.24. The first-order valence-corrected chi connectivity index (χ1v) is 6.69. The predicted molar refractivity (Wildman–Crippen MR) is 76.3 cm³/mol. The standard InChI is InChI=1S/C14H18N6/c1-9-6-12(19-18-9)7-10(2)20-5-4-15-14(20)13-11(3)16-8-17-13/h4-6,8,10H,7H2,1-3H3,(H,16,17)(H,18,19)/t10-/m1/s1. The number of nitrogens with one attached hydrogen (secondary N) is 2. The number of aryl methyl sites for hydroxylation is 2. The minimum Gasteiger partial charge on any atom is -0.348 e. The van der Waals surface area contributed by atoms with E-state index < -0.39 is 0 Å². The summed E-state index contributed by atoms with van der Waals surface area (Å²) in [6, 6.07) is 2.35. The van der Waals surface area contributed by atoms with Gasteiger partial charge in [-0.2, -0.15) is 5.10 Å². The highest BCUT2D eigenvalue weighted by atomic mass is 15.1. The largest absolute Gasteiger partial charge is 0.348 e. The van der Waals surface area contributed by atoms with E-state index in [0.717, 1.165) is 35.0 Å². The van der Waals surface area contributed by atoms with Crippen LogP contribution in [0.2, 0.25) is 0 Å². The van der Waals surface area contributed by atoms with Gasteiger partial charge in [-0.3, -0.25) is 5.10 Å². The van der Waals surface area contributed by atoms with Crippen molar-refractivity contribution in [1.82, 2.24) is 29.7 Å². The lowest BCUT2D eigenvalue weighted by Gasteiger charge is -2.14. The average molecular weight is 270 g/mol. The molecular weight excluding hydrogens is 252 g/mol. The third-order valence-electron chi connectivity index (χ3n) is 3.45. The number of imidazole rings is 2. The molecule has 6 heteroatoms. The third-order valence-corrected chi connectivity index (χ3v) is 3.45. The van der Waals surface area contributed by atoms with Crippen molar-refractivity contribution in [2.24, 2.45) is 0 Å². The fraction of sp³-hybridized carbons (Fsp3) is 0.357. The van der Waals surface area contributed by atoms with Crippen LogP contribution in [0, 0.1) is 13.8 Å². The van der Waals surface area contributed by atoms with Gasteiger partial charge in [-0.05, 0) is 26.8 Å². The topological polar surface area (TPSA) is 75.2 Å². The van der Waals surface area contributed by atoms with E-state index in [2.05, 4.69) is 42.7 Å². The Morgan fingerprint density at radius 1 is 1.30 bits per heavy atom. The highest BCUT2D eigenvalue weighted by Gasteiger charge is 2.16. The molecule has 0 aliphatic carbocycles. The van der Waals surface area contributed by atoms with E-state index in [1.807, 2.05) is 26.2 Å². The van der Waals surface area contributed by atoms with Gasteiger partial charge in [0.25, 0.3) is 0 Å². The highest BCUT2D eigenvalue weighted by Crippen LogP contribution is 2.23. The Labute approximate surface area is 117 Å². The van der Waals surface area contributed by atoms with Crippen LogP contribution >= 0.6 is 0 Å². The van der Waals surface area contributed by atoms with Crippen molar-refractivity contribution in [2.75, 3.05) is 0 Å². The van der Waals surface area contributed by atoms with Crippen LogP contribution in [0.25, 0.3) is 11.5 Å². The van der Waals surface area contributed by atoms with Crippen molar-refractivity contribution in [1.29, 1.82) is 0 Å². The molecule has 0 saturated carbocycles. The van der Waals surface area contributed by atoms with E-state index in [9.17, 15) is 0 Å². The van der Waals surface area contributed by atoms with Crippen LogP contribution in [-0.4, -0.2) is 29.7 Å². The summed E-state index contributed by atoms with van der Waals surface area (Å²) in [4.78, 5) is 11.9. The second kappa shape index (κ2) is 4.96. The van der Waals surface area contributed by atoms with Gasteiger partial charge in [0.1, 0.15) is 5.69 Å². The lowest BCUT2D eigenvalue weighted by Crippen LogP contribution is -2.09. The van der Waals surface area contributed by atoms with Gasteiger partial charge in [0.15, 0.2) is 5.82 Å². The Morgan fingerprint density at radius 3 is 2.80 bits per heavy atom. The van der Waals surface area contributed by atoms with Crippen LogP contribution in [0.1, 0.15) is 30.0 Å². The molecule has 104 valence electrons. The van der Waals surface area contributed by atoms with Gasteiger partial charge >= 0.3 is 0 Å². The second-order valence-corrected chi connectivity index (χ2v) is 5.13. The van der Waals surface area contributed by atoms with Crippen LogP contribution in [0.5, 0.6) is 0 Å². The quantitative estimate of drug-likeness (QED) is 0.764. The molecule has 20 heavy (non-hydrogen) atoms. The summed E-state index contributed by atoms with van der Waals surface area (Å²) in [7, 11) is 0. The number of hydrogen-bond acceptors (Lipinski definition) is 3. The van der Waals surface area contributed by atoms with Crippen LogP contribution in [0.3, 0.4) is 0 Å². The SMILES string of the molecule is Cc1cc(C[C@@H](C)n2ccnc2-c2nc[nH]c2C)n[nH]1. The summed E-state index contributed by atoms with van der Waals surface area (Å²) in [5.41, 5.74) is 4.08. The molecule has 2 N–H and O–H groups in total. The summed E-state index contributed by atoms with van der Waals surface area (Å²) >= 11 is 0. The first-order chi connectivity index (χ1) is 9.65. The number of aromatic nitrogens is 6.